The number of anilines is 1. The Bertz CT molecular complexity index is 1950. The largest absolute Gasteiger partial charge is 0.459 e. The van der Waals surface area contributed by atoms with Crippen LogP contribution in [-0.2, 0) is 4.79 Å². The molecule has 258 valence electrons. The number of hydrogen-bond donors (Lipinski definition) is 0. The lowest BCUT2D eigenvalue weighted by Crippen LogP contribution is -2.54. The number of fused-ring (bicyclic) bond motifs is 1. The summed E-state index contributed by atoms with van der Waals surface area (Å²) < 4.78 is 23.0. The molecule has 2 aliphatic heterocycles. The Morgan fingerprint density at radius 1 is 1.04 bits per heavy atom. The predicted octanol–water partition coefficient (Wildman–Crippen LogP) is 5.58. The highest BCUT2D eigenvalue weighted by Gasteiger charge is 2.32. The molecule has 2 atom stereocenters. The van der Waals surface area contributed by atoms with Gasteiger partial charge in [-0.05, 0) is 56.5 Å². The van der Waals surface area contributed by atoms with Gasteiger partial charge in [-0.25, -0.2) is 18.7 Å². The van der Waals surface area contributed by atoms with Gasteiger partial charge in [0.25, 0.3) is 0 Å². The van der Waals surface area contributed by atoms with E-state index in [2.05, 4.69) is 23.5 Å². The first-order chi connectivity index (χ1) is 23.4. The Hall–Kier alpha value is -4.42. The third-order valence-electron chi connectivity index (χ3n) is 9.17. The Morgan fingerprint density at radius 2 is 1.73 bits per heavy atom. The first kappa shape index (κ1) is 34.4. The van der Waals surface area contributed by atoms with Crippen LogP contribution in [0.1, 0.15) is 64.3 Å². The summed E-state index contributed by atoms with van der Waals surface area (Å²) in [6, 6.07) is 8.01. The van der Waals surface area contributed by atoms with Crippen molar-refractivity contribution in [2.24, 2.45) is 0 Å². The molecule has 13 heteroatoms. The monoisotopic (exact) mass is 688 g/mol. The lowest BCUT2D eigenvalue weighted by Gasteiger charge is -2.40. The van der Waals surface area contributed by atoms with Gasteiger partial charge in [0.15, 0.2) is 5.65 Å². The van der Waals surface area contributed by atoms with Crippen LogP contribution in [0, 0.1) is 5.82 Å². The van der Waals surface area contributed by atoms with Gasteiger partial charge in [0, 0.05) is 44.3 Å². The van der Waals surface area contributed by atoms with Crippen molar-refractivity contribution in [1.29, 1.82) is 0 Å². The second-order valence-corrected chi connectivity index (χ2v) is 13.9. The number of rotatable bonds is 8. The lowest BCUT2D eigenvalue weighted by molar-refractivity contribution is -0.126. The Morgan fingerprint density at radius 3 is 2.33 bits per heavy atom. The van der Waals surface area contributed by atoms with Crippen LogP contribution in [-0.4, -0.2) is 92.1 Å². The maximum absolute atomic E-state index is 15.2. The second kappa shape index (κ2) is 13.8. The molecule has 0 radical (unpaired) electrons. The van der Waals surface area contributed by atoms with Crippen molar-refractivity contribution < 1.29 is 13.9 Å². The zero-order chi connectivity index (χ0) is 35.1. The maximum Gasteiger partial charge on any atom is 0.355 e. The zero-order valence-corrected chi connectivity index (χ0v) is 29.5. The number of nitrogens with zero attached hydrogens (tertiary/aromatic N) is 8. The molecule has 4 aromatic rings. The molecule has 2 aliphatic rings. The fourth-order valence-electron chi connectivity index (χ4n) is 6.66. The fraction of sp³-hybridized carbons (Fsp3) is 0.444. The van der Waals surface area contributed by atoms with Gasteiger partial charge in [0.2, 0.25) is 5.91 Å². The molecule has 0 saturated carbocycles. The molecule has 49 heavy (non-hydrogen) atoms. The van der Waals surface area contributed by atoms with E-state index in [-0.39, 0.29) is 57.8 Å². The van der Waals surface area contributed by atoms with Crippen LogP contribution >= 0.6 is 11.6 Å². The van der Waals surface area contributed by atoms with E-state index in [0.717, 1.165) is 19.5 Å². The first-order valence-corrected chi connectivity index (χ1v) is 17.1. The number of carbonyl (C=O) groups excluding carboxylic acids is 1. The van der Waals surface area contributed by atoms with Crippen LogP contribution in [0.5, 0.6) is 6.01 Å². The van der Waals surface area contributed by atoms with E-state index in [4.69, 9.17) is 31.3 Å². The first-order valence-electron chi connectivity index (χ1n) is 16.7. The van der Waals surface area contributed by atoms with Gasteiger partial charge in [-0.2, -0.15) is 15.0 Å². The summed E-state index contributed by atoms with van der Waals surface area (Å²) >= 11 is 6.88. The highest BCUT2D eigenvalue weighted by Crippen LogP contribution is 2.37. The molecule has 3 aromatic heterocycles. The number of ether oxygens (including phenoxy) is 1. The predicted molar refractivity (Wildman–Crippen MR) is 189 cm³/mol. The second-order valence-electron chi connectivity index (χ2n) is 13.5. The molecule has 0 bridgehead atoms. The molecule has 5 heterocycles. The average molecular weight is 689 g/mol. The standard InChI is InChI=1S/C36H42ClFN8O3/c1-8-28(47)44-15-16-45(22(6)18-44)33-25-17-26(37)31(24-11-9-10-12-27(24)38)39-34(25)46(36(48)42-33)32-29(20(2)3)40-35(41-30(32)21(4)5)49-23-13-14-43(7)19-23/h8-12,17,20-23H,1,13-16,18-19H2,2-7H3/t22-,23?/m0/s1. The number of hydrogen-bond acceptors (Lipinski definition) is 9. The van der Waals surface area contributed by atoms with Gasteiger partial charge in [0.05, 0.1) is 33.2 Å². The fourth-order valence-corrected chi connectivity index (χ4v) is 6.92. The van der Waals surface area contributed by atoms with Crippen molar-refractivity contribution in [3.8, 4) is 23.0 Å². The van der Waals surface area contributed by atoms with Crippen molar-refractivity contribution in [2.75, 3.05) is 44.7 Å². The smallest absolute Gasteiger partial charge is 0.355 e. The number of piperazine rings is 1. The number of benzene rings is 1. The third kappa shape index (κ3) is 6.63. The molecular formula is C36H42ClFN8O3. The van der Waals surface area contributed by atoms with E-state index in [1.807, 2.05) is 39.5 Å². The van der Waals surface area contributed by atoms with E-state index < -0.39 is 11.5 Å². The summed E-state index contributed by atoms with van der Waals surface area (Å²) in [5.41, 5.74) is 1.72. The number of carbonyl (C=O) groups is 1. The molecule has 6 rings (SSSR count). The van der Waals surface area contributed by atoms with Crippen LogP contribution < -0.4 is 15.3 Å². The molecule has 11 nitrogen and oxygen atoms in total. The molecule has 1 unspecified atom stereocenters. The molecule has 1 aromatic carbocycles. The summed E-state index contributed by atoms with van der Waals surface area (Å²) in [6.45, 7) is 16.5. The summed E-state index contributed by atoms with van der Waals surface area (Å²) in [4.78, 5) is 52.2. The van der Waals surface area contributed by atoms with E-state index in [0.29, 0.717) is 47.9 Å². The molecular weight excluding hydrogens is 647 g/mol. The number of aromatic nitrogens is 5. The highest BCUT2D eigenvalue weighted by atomic mass is 35.5. The minimum atomic E-state index is -0.591. The molecule has 2 saturated heterocycles. The number of likely N-dealkylation sites (N-methyl/N-ethyl adjacent to an activating group) is 1. The Kier molecular flexibility index (Phi) is 9.72. The maximum atomic E-state index is 15.2. The number of halogens is 2. The third-order valence-corrected chi connectivity index (χ3v) is 9.46. The molecule has 1 amide bonds. The van der Waals surface area contributed by atoms with Crippen LogP contribution in [0.3, 0.4) is 0 Å². The quantitative estimate of drug-likeness (QED) is 0.219. The SMILES string of the molecule is C=CC(=O)N1CCN(c2nc(=O)n(-c3c(C(C)C)nc(OC4CCN(C)C4)nc3C(C)C)c3nc(-c4ccccc4F)c(Cl)cc23)[C@@H](C)C1. The van der Waals surface area contributed by atoms with E-state index >= 15 is 4.39 Å². The van der Waals surface area contributed by atoms with Gasteiger partial charge in [-0.1, -0.05) is 58.0 Å². The lowest BCUT2D eigenvalue weighted by atomic mass is 10.0. The minimum Gasteiger partial charge on any atom is -0.459 e. The number of amides is 1. The summed E-state index contributed by atoms with van der Waals surface area (Å²) in [6.07, 6.45) is 2.12. The van der Waals surface area contributed by atoms with Gasteiger partial charge in [-0.15, -0.1) is 0 Å². The van der Waals surface area contributed by atoms with Crippen molar-refractivity contribution in [3.05, 3.63) is 75.7 Å². The molecule has 2 fully saturated rings. The average Bonchev–Trinajstić information content (AvgIpc) is 3.48. The van der Waals surface area contributed by atoms with Crippen LogP contribution in [0.2, 0.25) is 5.02 Å². The topological polar surface area (TPSA) is 110 Å². The molecule has 0 N–H and O–H groups in total. The number of pyridine rings is 1. The van der Waals surface area contributed by atoms with Gasteiger partial charge in [-0.3, -0.25) is 4.79 Å². The van der Waals surface area contributed by atoms with Crippen molar-refractivity contribution >= 4 is 34.4 Å². The van der Waals surface area contributed by atoms with Gasteiger partial charge >= 0.3 is 11.7 Å². The summed E-state index contributed by atoms with van der Waals surface area (Å²) in [5, 5.41) is 0.701. The van der Waals surface area contributed by atoms with Crippen LogP contribution in [0.15, 0.2) is 47.8 Å². The van der Waals surface area contributed by atoms with Crippen LogP contribution in [0.25, 0.3) is 28.0 Å². The Labute approximate surface area is 290 Å². The minimum absolute atomic E-state index is 0.0447. The van der Waals surface area contributed by atoms with Crippen molar-refractivity contribution in [2.45, 2.75) is 65.0 Å². The van der Waals surface area contributed by atoms with Crippen LogP contribution in [0.4, 0.5) is 10.2 Å². The van der Waals surface area contributed by atoms with E-state index in [1.165, 1.54) is 16.7 Å². The van der Waals surface area contributed by atoms with Gasteiger partial charge in [0.1, 0.15) is 17.7 Å². The zero-order valence-electron chi connectivity index (χ0n) is 28.8. The van der Waals surface area contributed by atoms with Gasteiger partial charge < -0.3 is 19.4 Å². The normalized spacial score (nSPS) is 18.6. The Balaban J connectivity index is 1.62. The number of likely N-dealkylation sites (tertiary alicyclic amines) is 1. The highest BCUT2D eigenvalue weighted by molar-refractivity contribution is 6.33. The van der Waals surface area contributed by atoms with E-state index in [9.17, 15) is 9.59 Å². The summed E-state index contributed by atoms with van der Waals surface area (Å²) in [5.74, 6) is -0.551. The van der Waals surface area contributed by atoms with Crippen molar-refractivity contribution in [3.63, 3.8) is 0 Å². The molecule has 0 aliphatic carbocycles. The van der Waals surface area contributed by atoms with Crippen molar-refractivity contribution in [1.82, 2.24) is 34.3 Å². The molecule has 0 spiro atoms. The summed E-state index contributed by atoms with van der Waals surface area (Å²) in [7, 11) is 2.05. The van der Waals surface area contributed by atoms with E-state index in [1.54, 1.807) is 29.2 Å².